The van der Waals surface area contributed by atoms with Crippen LogP contribution in [0, 0.1) is 5.92 Å². The third-order valence-corrected chi connectivity index (χ3v) is 6.86. The van der Waals surface area contributed by atoms with Crippen molar-refractivity contribution in [3.63, 3.8) is 0 Å². The largest absolute Gasteiger partial charge is 0.396 e. The summed E-state index contributed by atoms with van der Waals surface area (Å²) in [6.07, 6.45) is 4.82. The highest BCUT2D eigenvalue weighted by molar-refractivity contribution is 8.00. The molecule has 2 heterocycles. The molecule has 3 rings (SSSR count). The Labute approximate surface area is 168 Å². The topological polar surface area (TPSA) is 59.9 Å². The molecular weight excluding hydrogens is 356 g/mol. The molecule has 0 aromatic heterocycles. The number of nitrogens with zero attached hydrogens (tertiary/aromatic N) is 2. The number of thioether (sulfide) groups is 1. The van der Waals surface area contributed by atoms with Gasteiger partial charge < -0.3 is 20.6 Å². The molecule has 0 aliphatic carbocycles. The Morgan fingerprint density at radius 2 is 1.96 bits per heavy atom. The molecule has 1 aromatic carbocycles. The minimum Gasteiger partial charge on any atom is -0.396 e. The lowest BCUT2D eigenvalue weighted by atomic mass is 9.97. The fourth-order valence-corrected chi connectivity index (χ4v) is 4.92. The van der Waals surface area contributed by atoms with E-state index in [4.69, 9.17) is 4.99 Å². The Bertz CT molecular complexity index is 578. The molecule has 3 N–H and O–H groups in total. The molecule has 6 heteroatoms. The maximum Gasteiger partial charge on any atom is 0.191 e. The molecule has 150 valence electrons. The number of aliphatic hydroxyl groups excluding tert-OH is 1. The first-order valence-corrected chi connectivity index (χ1v) is 11.4. The molecule has 0 saturated carbocycles. The number of hydrogen-bond donors (Lipinski definition) is 3. The van der Waals surface area contributed by atoms with Crippen molar-refractivity contribution in [1.29, 1.82) is 0 Å². The third-order valence-electron chi connectivity index (χ3n) is 5.46. The van der Waals surface area contributed by atoms with Gasteiger partial charge >= 0.3 is 0 Å². The Hall–Kier alpha value is -1.40. The second-order valence-corrected chi connectivity index (χ2v) is 8.90. The quantitative estimate of drug-likeness (QED) is 0.494. The zero-order valence-corrected chi connectivity index (χ0v) is 17.3. The SMILES string of the molecule is CCNC(=NCc1ccc(N2CCC(CO)CC2)cc1)NCC1CCCS1. The van der Waals surface area contributed by atoms with E-state index in [9.17, 15) is 5.11 Å². The van der Waals surface area contributed by atoms with E-state index in [0.29, 0.717) is 19.1 Å². The van der Waals surface area contributed by atoms with Crippen molar-refractivity contribution in [3.8, 4) is 0 Å². The van der Waals surface area contributed by atoms with E-state index in [0.717, 1.165) is 50.2 Å². The Balaban J connectivity index is 1.50. The molecule has 27 heavy (non-hydrogen) atoms. The van der Waals surface area contributed by atoms with Crippen molar-refractivity contribution < 1.29 is 5.11 Å². The molecule has 1 atom stereocenters. The minimum atomic E-state index is 0.326. The fraction of sp³-hybridized carbons (Fsp3) is 0.667. The zero-order valence-electron chi connectivity index (χ0n) is 16.5. The standard InChI is InChI=1S/C21H34N4OS/c1-2-22-21(24-15-20-4-3-13-27-20)23-14-17-5-7-19(8-6-17)25-11-9-18(16-26)10-12-25/h5-8,18,20,26H,2-4,9-16H2,1H3,(H2,22,23,24). The summed E-state index contributed by atoms with van der Waals surface area (Å²) in [4.78, 5) is 7.17. The van der Waals surface area contributed by atoms with Gasteiger partial charge in [-0.25, -0.2) is 4.99 Å². The number of aliphatic hydroxyl groups is 1. The van der Waals surface area contributed by atoms with Gasteiger partial charge in [0, 0.05) is 43.7 Å². The first kappa shape index (κ1) is 20.3. The highest BCUT2D eigenvalue weighted by atomic mass is 32.2. The van der Waals surface area contributed by atoms with Crippen LogP contribution in [0.1, 0.15) is 38.2 Å². The summed E-state index contributed by atoms with van der Waals surface area (Å²) in [5, 5.41) is 16.9. The van der Waals surface area contributed by atoms with Crippen LogP contribution in [0.4, 0.5) is 5.69 Å². The molecule has 2 saturated heterocycles. The van der Waals surface area contributed by atoms with E-state index < -0.39 is 0 Å². The molecule has 0 amide bonds. The number of anilines is 1. The highest BCUT2D eigenvalue weighted by Gasteiger charge is 2.18. The van der Waals surface area contributed by atoms with E-state index >= 15 is 0 Å². The van der Waals surface area contributed by atoms with Gasteiger partial charge in [0.25, 0.3) is 0 Å². The number of guanidine groups is 1. The lowest BCUT2D eigenvalue weighted by molar-refractivity contribution is 0.203. The highest BCUT2D eigenvalue weighted by Crippen LogP contribution is 2.25. The molecule has 2 fully saturated rings. The minimum absolute atomic E-state index is 0.326. The number of benzene rings is 1. The second-order valence-electron chi connectivity index (χ2n) is 7.49. The van der Waals surface area contributed by atoms with Crippen LogP contribution in [0.2, 0.25) is 0 Å². The average molecular weight is 391 g/mol. The predicted molar refractivity (Wildman–Crippen MR) is 117 cm³/mol. The molecule has 0 bridgehead atoms. The van der Waals surface area contributed by atoms with Crippen LogP contribution in [0.25, 0.3) is 0 Å². The Kier molecular flexibility index (Phi) is 8.14. The van der Waals surface area contributed by atoms with Gasteiger partial charge in [0.15, 0.2) is 5.96 Å². The smallest absolute Gasteiger partial charge is 0.191 e. The van der Waals surface area contributed by atoms with Crippen molar-refractivity contribution in [1.82, 2.24) is 10.6 Å². The van der Waals surface area contributed by atoms with E-state index in [-0.39, 0.29) is 0 Å². The summed E-state index contributed by atoms with van der Waals surface area (Å²) in [6.45, 7) is 7.08. The van der Waals surface area contributed by atoms with Gasteiger partial charge in [0.1, 0.15) is 0 Å². The summed E-state index contributed by atoms with van der Waals surface area (Å²) in [5.41, 5.74) is 2.51. The van der Waals surface area contributed by atoms with Crippen LogP contribution in [-0.4, -0.2) is 54.9 Å². The van der Waals surface area contributed by atoms with Gasteiger partial charge in [-0.3, -0.25) is 0 Å². The Morgan fingerprint density at radius 1 is 1.19 bits per heavy atom. The maximum atomic E-state index is 9.28. The van der Waals surface area contributed by atoms with Crippen LogP contribution in [0.5, 0.6) is 0 Å². The molecule has 2 aliphatic rings. The van der Waals surface area contributed by atoms with Gasteiger partial charge in [-0.05, 0) is 62.0 Å². The van der Waals surface area contributed by atoms with E-state index in [1.165, 1.54) is 29.8 Å². The molecule has 5 nitrogen and oxygen atoms in total. The maximum absolute atomic E-state index is 9.28. The predicted octanol–water partition coefficient (Wildman–Crippen LogP) is 2.85. The van der Waals surface area contributed by atoms with Crippen molar-refractivity contribution in [2.75, 3.05) is 43.4 Å². The Morgan fingerprint density at radius 3 is 2.59 bits per heavy atom. The molecular formula is C21H34N4OS. The number of piperidine rings is 1. The van der Waals surface area contributed by atoms with Crippen LogP contribution in [-0.2, 0) is 6.54 Å². The molecule has 2 aliphatic heterocycles. The normalized spacial score (nSPS) is 21.5. The number of hydrogen-bond acceptors (Lipinski definition) is 4. The number of rotatable bonds is 7. The van der Waals surface area contributed by atoms with Gasteiger partial charge in [-0.15, -0.1) is 0 Å². The van der Waals surface area contributed by atoms with Crippen molar-refractivity contribution >= 4 is 23.4 Å². The summed E-state index contributed by atoms with van der Waals surface area (Å²) in [7, 11) is 0. The summed E-state index contributed by atoms with van der Waals surface area (Å²) in [6, 6.07) is 8.79. The van der Waals surface area contributed by atoms with Crippen molar-refractivity contribution in [2.45, 2.75) is 44.4 Å². The monoisotopic (exact) mass is 390 g/mol. The second kappa shape index (κ2) is 10.8. The van der Waals surface area contributed by atoms with Crippen molar-refractivity contribution in [3.05, 3.63) is 29.8 Å². The average Bonchev–Trinajstić information content (AvgIpc) is 3.24. The molecule has 1 aromatic rings. The summed E-state index contributed by atoms with van der Waals surface area (Å²) >= 11 is 2.07. The number of aliphatic imine (C=N–C) groups is 1. The summed E-state index contributed by atoms with van der Waals surface area (Å²) in [5.74, 6) is 2.69. The molecule has 0 spiro atoms. The third kappa shape index (κ3) is 6.32. The zero-order chi connectivity index (χ0) is 18.9. The fourth-order valence-electron chi connectivity index (χ4n) is 3.71. The van der Waals surface area contributed by atoms with Gasteiger partial charge in [0.2, 0.25) is 0 Å². The van der Waals surface area contributed by atoms with Crippen LogP contribution >= 0.6 is 11.8 Å². The van der Waals surface area contributed by atoms with Crippen LogP contribution < -0.4 is 15.5 Å². The number of nitrogens with one attached hydrogen (secondary N) is 2. The molecule has 0 radical (unpaired) electrons. The van der Waals surface area contributed by atoms with Gasteiger partial charge in [0.05, 0.1) is 6.54 Å². The van der Waals surface area contributed by atoms with E-state index in [1.807, 2.05) is 0 Å². The summed E-state index contributed by atoms with van der Waals surface area (Å²) < 4.78 is 0. The van der Waals surface area contributed by atoms with Crippen molar-refractivity contribution in [2.24, 2.45) is 10.9 Å². The van der Waals surface area contributed by atoms with Gasteiger partial charge in [-0.2, -0.15) is 11.8 Å². The van der Waals surface area contributed by atoms with Crippen LogP contribution in [0.15, 0.2) is 29.3 Å². The van der Waals surface area contributed by atoms with E-state index in [1.54, 1.807) is 0 Å². The molecule has 1 unspecified atom stereocenters. The lowest BCUT2D eigenvalue weighted by Gasteiger charge is -2.32. The van der Waals surface area contributed by atoms with Gasteiger partial charge in [-0.1, -0.05) is 12.1 Å². The first-order valence-electron chi connectivity index (χ1n) is 10.4. The van der Waals surface area contributed by atoms with E-state index in [2.05, 4.69) is 58.5 Å². The first-order chi connectivity index (χ1) is 13.3. The van der Waals surface area contributed by atoms with Crippen LogP contribution in [0.3, 0.4) is 0 Å². The lowest BCUT2D eigenvalue weighted by Crippen LogP contribution is -2.40.